The second-order valence-electron chi connectivity index (χ2n) is 6.98. The molecule has 0 fully saturated rings. The van der Waals surface area contributed by atoms with Gasteiger partial charge in [0.1, 0.15) is 0 Å². The van der Waals surface area contributed by atoms with Crippen LogP contribution < -0.4 is 5.32 Å². The van der Waals surface area contributed by atoms with Crippen LogP contribution in [0.15, 0.2) is 0 Å². The van der Waals surface area contributed by atoms with Crippen molar-refractivity contribution in [3.05, 3.63) is 0 Å². The number of hydrogen-bond acceptors (Lipinski definition) is 3. The average molecular weight is 271 g/mol. The van der Waals surface area contributed by atoms with E-state index in [-0.39, 0.29) is 0 Å². The molecule has 0 bridgehead atoms. The van der Waals surface area contributed by atoms with Crippen LogP contribution in [0.5, 0.6) is 0 Å². The average Bonchev–Trinajstić information content (AvgIpc) is 2.29. The Morgan fingerprint density at radius 2 is 1.58 bits per heavy atom. The van der Waals surface area contributed by atoms with Crippen LogP contribution in [0.4, 0.5) is 0 Å². The molecule has 3 heteroatoms. The molecule has 1 unspecified atom stereocenters. The van der Waals surface area contributed by atoms with Gasteiger partial charge < -0.3 is 15.1 Å². The Morgan fingerprint density at radius 1 is 0.947 bits per heavy atom. The second-order valence-corrected chi connectivity index (χ2v) is 6.98. The van der Waals surface area contributed by atoms with E-state index in [0.717, 1.165) is 19.6 Å². The Kier molecular flexibility index (Phi) is 9.67. The first kappa shape index (κ1) is 18.9. The molecule has 0 saturated carbocycles. The highest BCUT2D eigenvalue weighted by Gasteiger charge is 2.25. The van der Waals surface area contributed by atoms with E-state index >= 15 is 0 Å². The third-order valence-electron chi connectivity index (χ3n) is 3.53. The normalized spacial score (nSPS) is 14.4. The molecule has 0 aliphatic carbocycles. The Balaban J connectivity index is 4.45. The zero-order valence-corrected chi connectivity index (χ0v) is 14.4. The first-order chi connectivity index (χ1) is 8.81. The molecule has 0 aliphatic heterocycles. The minimum Gasteiger partial charge on any atom is -0.312 e. The van der Waals surface area contributed by atoms with Crippen molar-refractivity contribution in [1.29, 1.82) is 0 Å². The topological polar surface area (TPSA) is 18.5 Å². The Labute approximate surface area is 121 Å². The summed E-state index contributed by atoms with van der Waals surface area (Å²) in [6, 6.07) is 0.571. The summed E-state index contributed by atoms with van der Waals surface area (Å²) in [6.07, 6.45) is 2.44. The molecule has 0 saturated heterocycles. The molecule has 0 radical (unpaired) electrons. The highest BCUT2D eigenvalue weighted by Crippen LogP contribution is 2.20. The van der Waals surface area contributed by atoms with Gasteiger partial charge in [-0.2, -0.15) is 0 Å². The zero-order chi connectivity index (χ0) is 14.9. The fraction of sp³-hybridized carbons (Fsp3) is 1.00. The van der Waals surface area contributed by atoms with Crippen molar-refractivity contribution >= 4 is 0 Å². The first-order valence-electron chi connectivity index (χ1n) is 7.91. The van der Waals surface area contributed by atoms with E-state index in [4.69, 9.17) is 0 Å². The number of rotatable bonds is 10. The molecule has 3 nitrogen and oxygen atoms in total. The number of nitrogens with one attached hydrogen (secondary N) is 1. The number of likely N-dealkylation sites (N-methyl/N-ethyl adjacent to an activating group) is 1. The van der Waals surface area contributed by atoms with Crippen molar-refractivity contribution in [2.75, 3.05) is 46.8 Å². The summed E-state index contributed by atoms with van der Waals surface area (Å²) in [5.41, 5.74) is 0.319. The fourth-order valence-corrected chi connectivity index (χ4v) is 2.17. The van der Waals surface area contributed by atoms with Crippen molar-refractivity contribution < 1.29 is 0 Å². The summed E-state index contributed by atoms with van der Waals surface area (Å²) < 4.78 is 0. The summed E-state index contributed by atoms with van der Waals surface area (Å²) >= 11 is 0. The van der Waals surface area contributed by atoms with E-state index in [2.05, 4.69) is 63.8 Å². The van der Waals surface area contributed by atoms with Crippen LogP contribution >= 0.6 is 0 Å². The van der Waals surface area contributed by atoms with E-state index in [0.29, 0.717) is 11.5 Å². The van der Waals surface area contributed by atoms with Crippen molar-refractivity contribution in [1.82, 2.24) is 15.1 Å². The van der Waals surface area contributed by atoms with Gasteiger partial charge in [-0.25, -0.2) is 0 Å². The fourth-order valence-electron chi connectivity index (χ4n) is 2.17. The minimum absolute atomic E-state index is 0.319. The second kappa shape index (κ2) is 9.73. The molecule has 0 aliphatic rings. The number of nitrogens with zero attached hydrogens (tertiary/aromatic N) is 2. The van der Waals surface area contributed by atoms with Crippen LogP contribution in [0.25, 0.3) is 0 Å². The SMILES string of the molecule is CCCNC(CN(CCC)CCN(C)C)C(C)(C)C. The number of hydrogen-bond donors (Lipinski definition) is 1. The molecule has 0 heterocycles. The summed E-state index contributed by atoms with van der Waals surface area (Å²) in [6.45, 7) is 17.3. The highest BCUT2D eigenvalue weighted by atomic mass is 15.2. The highest BCUT2D eigenvalue weighted by molar-refractivity contribution is 4.83. The van der Waals surface area contributed by atoms with Crippen molar-refractivity contribution in [3.63, 3.8) is 0 Å². The van der Waals surface area contributed by atoms with Gasteiger partial charge in [0.05, 0.1) is 0 Å². The molecule has 19 heavy (non-hydrogen) atoms. The zero-order valence-electron chi connectivity index (χ0n) is 14.4. The quantitative estimate of drug-likeness (QED) is 0.659. The van der Waals surface area contributed by atoms with Crippen LogP contribution in [-0.4, -0.2) is 62.7 Å². The molecule has 0 aromatic carbocycles. The first-order valence-corrected chi connectivity index (χ1v) is 7.91. The maximum Gasteiger partial charge on any atom is 0.0243 e. The van der Waals surface area contributed by atoms with Crippen LogP contribution in [0.1, 0.15) is 47.5 Å². The minimum atomic E-state index is 0.319. The molecule has 1 atom stereocenters. The Bertz CT molecular complexity index is 209. The van der Waals surface area contributed by atoms with Crippen LogP contribution in [0.2, 0.25) is 0 Å². The van der Waals surface area contributed by atoms with Gasteiger partial charge >= 0.3 is 0 Å². The molecule has 0 aromatic heterocycles. The van der Waals surface area contributed by atoms with Gasteiger partial charge in [0, 0.05) is 25.7 Å². The Morgan fingerprint density at radius 3 is 2.00 bits per heavy atom. The predicted molar refractivity (Wildman–Crippen MR) is 86.8 cm³/mol. The van der Waals surface area contributed by atoms with Crippen LogP contribution in [-0.2, 0) is 0 Å². The van der Waals surface area contributed by atoms with Crippen LogP contribution in [0, 0.1) is 5.41 Å². The summed E-state index contributed by atoms with van der Waals surface area (Å²) in [5.74, 6) is 0. The lowest BCUT2D eigenvalue weighted by atomic mass is 9.86. The van der Waals surface area contributed by atoms with E-state index in [1.54, 1.807) is 0 Å². The molecule has 0 aromatic rings. The summed E-state index contributed by atoms with van der Waals surface area (Å²) in [7, 11) is 4.31. The van der Waals surface area contributed by atoms with Gasteiger partial charge in [0.25, 0.3) is 0 Å². The van der Waals surface area contributed by atoms with E-state index in [1.165, 1.54) is 25.9 Å². The Hall–Kier alpha value is -0.120. The van der Waals surface area contributed by atoms with Gasteiger partial charge in [0.15, 0.2) is 0 Å². The third-order valence-corrected chi connectivity index (χ3v) is 3.53. The van der Waals surface area contributed by atoms with Gasteiger partial charge in [0.2, 0.25) is 0 Å². The summed E-state index contributed by atoms with van der Waals surface area (Å²) in [5, 5.41) is 3.73. The summed E-state index contributed by atoms with van der Waals surface area (Å²) in [4.78, 5) is 4.88. The molecule has 0 amide bonds. The van der Waals surface area contributed by atoms with Gasteiger partial charge in [-0.3, -0.25) is 0 Å². The monoisotopic (exact) mass is 271 g/mol. The molecule has 116 valence electrons. The van der Waals surface area contributed by atoms with Crippen molar-refractivity contribution in [3.8, 4) is 0 Å². The van der Waals surface area contributed by atoms with E-state index < -0.39 is 0 Å². The van der Waals surface area contributed by atoms with Gasteiger partial charge in [-0.05, 0) is 45.4 Å². The van der Waals surface area contributed by atoms with Crippen molar-refractivity contribution in [2.45, 2.75) is 53.5 Å². The van der Waals surface area contributed by atoms with Crippen LogP contribution in [0.3, 0.4) is 0 Å². The molecule has 1 N–H and O–H groups in total. The largest absolute Gasteiger partial charge is 0.312 e. The smallest absolute Gasteiger partial charge is 0.0243 e. The third kappa shape index (κ3) is 9.42. The predicted octanol–water partition coefficient (Wildman–Crippen LogP) is 2.67. The molecule has 0 spiro atoms. The molecular formula is C16H37N3. The van der Waals surface area contributed by atoms with E-state index in [1.807, 2.05) is 0 Å². The van der Waals surface area contributed by atoms with E-state index in [9.17, 15) is 0 Å². The van der Waals surface area contributed by atoms with Gasteiger partial charge in [-0.15, -0.1) is 0 Å². The lowest BCUT2D eigenvalue weighted by molar-refractivity contribution is 0.163. The lowest BCUT2D eigenvalue weighted by Crippen LogP contribution is -2.50. The maximum atomic E-state index is 3.73. The maximum absolute atomic E-state index is 3.73. The van der Waals surface area contributed by atoms with Gasteiger partial charge in [-0.1, -0.05) is 34.6 Å². The lowest BCUT2D eigenvalue weighted by Gasteiger charge is -2.36. The molecule has 0 rings (SSSR count). The van der Waals surface area contributed by atoms with Crippen molar-refractivity contribution in [2.24, 2.45) is 5.41 Å². The molecular weight excluding hydrogens is 234 g/mol. The standard InChI is InChI=1S/C16H37N3/c1-8-10-17-15(16(3,4)5)14-19(11-9-2)13-12-18(6)7/h15,17H,8-14H2,1-7H3.